The van der Waals surface area contributed by atoms with Crippen LogP contribution in [-0.2, 0) is 5.75 Å². The first-order valence-corrected chi connectivity index (χ1v) is 11.6. The van der Waals surface area contributed by atoms with Gasteiger partial charge in [0.15, 0.2) is 0 Å². The van der Waals surface area contributed by atoms with Gasteiger partial charge >= 0.3 is 0 Å². The number of anilines is 2. The Kier molecular flexibility index (Phi) is 5.63. The third-order valence-electron chi connectivity index (χ3n) is 5.52. The zero-order valence-corrected chi connectivity index (χ0v) is 18.0. The maximum atomic E-state index is 13.0. The van der Waals surface area contributed by atoms with E-state index in [1.807, 2.05) is 71.4 Å². The Morgan fingerprint density at radius 1 is 0.968 bits per heavy atom. The molecular formula is C25H24N4OS. The summed E-state index contributed by atoms with van der Waals surface area (Å²) in [6.45, 7) is 2.23. The number of thioether (sulfide) groups is 1. The fraction of sp³-hybridized carbons (Fsp3) is 0.200. The minimum absolute atomic E-state index is 0.0907. The number of benzene rings is 2. The van der Waals surface area contributed by atoms with Crippen molar-refractivity contribution in [3.05, 3.63) is 90.4 Å². The van der Waals surface area contributed by atoms with Gasteiger partial charge in [0.2, 0.25) is 0 Å². The maximum absolute atomic E-state index is 13.0. The van der Waals surface area contributed by atoms with E-state index in [4.69, 9.17) is 0 Å². The van der Waals surface area contributed by atoms with Crippen LogP contribution in [0.4, 0.5) is 11.4 Å². The topological polar surface area (TPSA) is 49.6 Å². The predicted molar refractivity (Wildman–Crippen MR) is 127 cm³/mol. The lowest BCUT2D eigenvalue weighted by Gasteiger charge is -2.18. The van der Waals surface area contributed by atoms with E-state index in [9.17, 15) is 4.79 Å². The summed E-state index contributed by atoms with van der Waals surface area (Å²) in [7, 11) is 0. The molecule has 0 bridgehead atoms. The molecular weight excluding hydrogens is 404 g/mol. The van der Waals surface area contributed by atoms with Crippen LogP contribution in [0.1, 0.15) is 28.9 Å². The van der Waals surface area contributed by atoms with Gasteiger partial charge in [-0.05, 0) is 61.4 Å². The molecule has 0 saturated carbocycles. The number of amides is 1. The summed E-state index contributed by atoms with van der Waals surface area (Å²) in [6, 6.07) is 21.8. The molecule has 31 heavy (non-hydrogen) atoms. The summed E-state index contributed by atoms with van der Waals surface area (Å²) < 4.78 is 2.01. The quantitative estimate of drug-likeness (QED) is 0.413. The normalized spacial score (nSPS) is 13.6. The van der Waals surface area contributed by atoms with Crippen molar-refractivity contribution in [2.45, 2.75) is 23.5 Å². The minimum Gasteiger partial charge on any atom is -0.372 e. The first-order valence-electron chi connectivity index (χ1n) is 10.6. The van der Waals surface area contributed by atoms with Gasteiger partial charge in [0.05, 0.1) is 11.3 Å². The van der Waals surface area contributed by atoms with Crippen molar-refractivity contribution in [2.75, 3.05) is 23.3 Å². The maximum Gasteiger partial charge on any atom is 0.256 e. The number of carbonyl (C=O) groups excluding carboxylic acids is 1. The minimum atomic E-state index is -0.0907. The van der Waals surface area contributed by atoms with Gasteiger partial charge in [-0.15, -0.1) is 11.8 Å². The molecule has 6 heteroatoms. The zero-order valence-electron chi connectivity index (χ0n) is 17.2. The van der Waals surface area contributed by atoms with Gasteiger partial charge < -0.3 is 14.6 Å². The van der Waals surface area contributed by atoms with Crippen molar-refractivity contribution < 1.29 is 4.79 Å². The van der Waals surface area contributed by atoms with E-state index < -0.39 is 0 Å². The van der Waals surface area contributed by atoms with Crippen molar-refractivity contribution in [3.63, 3.8) is 0 Å². The third-order valence-corrected chi connectivity index (χ3v) is 6.62. The van der Waals surface area contributed by atoms with Gasteiger partial charge in [-0.1, -0.05) is 18.2 Å². The molecule has 3 heterocycles. The molecule has 0 aliphatic carbocycles. The highest BCUT2D eigenvalue weighted by Gasteiger charge is 2.14. The molecule has 1 aliphatic rings. The highest BCUT2D eigenvalue weighted by atomic mass is 32.2. The second-order valence-electron chi connectivity index (χ2n) is 7.68. The van der Waals surface area contributed by atoms with E-state index in [1.165, 1.54) is 18.5 Å². The molecule has 0 atom stereocenters. The number of carbonyl (C=O) groups is 1. The van der Waals surface area contributed by atoms with Crippen LogP contribution in [-0.4, -0.2) is 28.4 Å². The van der Waals surface area contributed by atoms with Gasteiger partial charge in [-0.2, -0.15) is 0 Å². The van der Waals surface area contributed by atoms with Crippen LogP contribution < -0.4 is 10.2 Å². The molecule has 0 spiro atoms. The summed E-state index contributed by atoms with van der Waals surface area (Å²) >= 11 is 1.63. The lowest BCUT2D eigenvalue weighted by atomic mass is 10.2. The van der Waals surface area contributed by atoms with Gasteiger partial charge in [-0.25, -0.2) is 4.98 Å². The van der Waals surface area contributed by atoms with E-state index in [-0.39, 0.29) is 5.91 Å². The lowest BCUT2D eigenvalue weighted by Crippen LogP contribution is -2.17. The van der Waals surface area contributed by atoms with Crippen LogP contribution in [0.5, 0.6) is 0 Å². The fourth-order valence-corrected chi connectivity index (χ4v) is 4.85. The van der Waals surface area contributed by atoms with Crippen molar-refractivity contribution in [2.24, 2.45) is 0 Å². The molecule has 0 radical (unpaired) electrons. The van der Waals surface area contributed by atoms with Crippen molar-refractivity contribution in [1.82, 2.24) is 9.38 Å². The number of rotatable bonds is 6. The first kappa shape index (κ1) is 19.7. The summed E-state index contributed by atoms with van der Waals surface area (Å²) in [5.41, 5.74) is 4.64. The molecule has 1 amide bonds. The molecule has 1 fully saturated rings. The van der Waals surface area contributed by atoms with Gasteiger partial charge in [-0.3, -0.25) is 4.79 Å². The fourth-order valence-electron chi connectivity index (χ4n) is 3.92. The molecule has 4 aromatic rings. The molecule has 1 saturated heterocycles. The summed E-state index contributed by atoms with van der Waals surface area (Å²) in [5, 5.41) is 3.05. The number of imidazole rings is 1. The first-order chi connectivity index (χ1) is 15.3. The summed E-state index contributed by atoms with van der Waals surface area (Å²) in [6.07, 6.45) is 6.53. The van der Waals surface area contributed by atoms with E-state index in [0.29, 0.717) is 11.3 Å². The van der Waals surface area contributed by atoms with Crippen LogP contribution in [0.25, 0.3) is 5.65 Å². The van der Waals surface area contributed by atoms with Crippen LogP contribution in [0.2, 0.25) is 0 Å². The number of aromatic nitrogens is 2. The molecule has 0 unspecified atom stereocenters. The number of nitrogens with one attached hydrogen (secondary N) is 1. The Hall–Kier alpha value is -3.25. The Balaban J connectivity index is 1.27. The van der Waals surface area contributed by atoms with Crippen LogP contribution >= 0.6 is 11.8 Å². The average molecular weight is 429 g/mol. The smallest absolute Gasteiger partial charge is 0.256 e. The Morgan fingerprint density at radius 2 is 1.74 bits per heavy atom. The predicted octanol–water partition coefficient (Wildman–Crippen LogP) is 5.48. The number of pyridine rings is 1. The van der Waals surface area contributed by atoms with E-state index >= 15 is 0 Å². The molecule has 5 rings (SSSR count). The number of fused-ring (bicyclic) bond motifs is 1. The Labute approximate surface area is 186 Å². The van der Waals surface area contributed by atoms with Crippen molar-refractivity contribution in [1.29, 1.82) is 0 Å². The Morgan fingerprint density at radius 3 is 2.55 bits per heavy atom. The third kappa shape index (κ3) is 4.44. The second kappa shape index (κ2) is 8.86. The van der Waals surface area contributed by atoms with Crippen LogP contribution in [0, 0.1) is 0 Å². The van der Waals surface area contributed by atoms with Crippen molar-refractivity contribution in [3.8, 4) is 0 Å². The SMILES string of the molecule is O=C(Nc1ccc(N2CCCC2)cc1)c1ccccc1SCc1cn2ccccc2n1. The molecule has 2 aromatic carbocycles. The van der Waals surface area contributed by atoms with Crippen molar-refractivity contribution >= 4 is 34.7 Å². The van der Waals surface area contributed by atoms with Gasteiger partial charge in [0.25, 0.3) is 5.91 Å². The molecule has 1 aliphatic heterocycles. The largest absolute Gasteiger partial charge is 0.372 e. The standard InChI is InChI=1S/C25H24N4OS/c30-25(27-19-10-12-21(13-11-19)28-14-5-6-15-28)22-7-1-2-8-23(22)31-18-20-17-29-16-4-3-9-24(29)26-20/h1-4,7-13,16-17H,5-6,14-15,18H2,(H,27,30). The molecule has 2 aromatic heterocycles. The van der Waals surface area contributed by atoms with Gasteiger partial charge in [0.1, 0.15) is 5.65 Å². The summed E-state index contributed by atoms with van der Waals surface area (Å²) in [5.74, 6) is 0.614. The number of hydrogen-bond donors (Lipinski definition) is 1. The highest BCUT2D eigenvalue weighted by molar-refractivity contribution is 7.98. The number of hydrogen-bond acceptors (Lipinski definition) is 4. The number of nitrogens with zero attached hydrogens (tertiary/aromatic N) is 3. The molecule has 156 valence electrons. The summed E-state index contributed by atoms with van der Waals surface area (Å²) in [4.78, 5) is 21.0. The molecule has 1 N–H and O–H groups in total. The highest BCUT2D eigenvalue weighted by Crippen LogP contribution is 2.27. The van der Waals surface area contributed by atoms with Gasteiger partial charge in [0, 0.05) is 47.5 Å². The lowest BCUT2D eigenvalue weighted by molar-refractivity contribution is 0.102. The molecule has 5 nitrogen and oxygen atoms in total. The van der Waals surface area contributed by atoms with Crippen LogP contribution in [0.15, 0.2) is 84.0 Å². The monoisotopic (exact) mass is 428 g/mol. The average Bonchev–Trinajstić information content (AvgIpc) is 3.48. The van der Waals surface area contributed by atoms with E-state index in [1.54, 1.807) is 11.8 Å². The van der Waals surface area contributed by atoms with E-state index in [2.05, 4.69) is 27.3 Å². The van der Waals surface area contributed by atoms with E-state index in [0.717, 1.165) is 35.0 Å². The van der Waals surface area contributed by atoms with Crippen LogP contribution in [0.3, 0.4) is 0 Å². The zero-order chi connectivity index (χ0) is 21.0. The second-order valence-corrected chi connectivity index (χ2v) is 8.70. The Bertz CT molecular complexity index is 1160.